The minimum absolute atomic E-state index is 0.0994. The topological polar surface area (TPSA) is 43.8 Å². The van der Waals surface area contributed by atoms with Crippen molar-refractivity contribution in [1.82, 2.24) is 9.78 Å². The monoisotopic (exact) mass is 283 g/mol. The van der Waals surface area contributed by atoms with E-state index in [4.69, 9.17) is 5.73 Å². The van der Waals surface area contributed by atoms with Crippen LogP contribution in [0.1, 0.15) is 24.5 Å². The maximum absolute atomic E-state index is 12.5. The number of rotatable bonds is 4. The van der Waals surface area contributed by atoms with Gasteiger partial charge in [0.2, 0.25) is 0 Å². The van der Waals surface area contributed by atoms with Gasteiger partial charge in [0.25, 0.3) is 0 Å². The maximum Gasteiger partial charge on any atom is 0.419 e. The SMILES string of the molecule is CCC(N)Cc1ccc(-n2cc(C(F)(F)F)cn2)cc1. The quantitative estimate of drug-likeness (QED) is 0.936. The molecule has 2 aromatic rings. The van der Waals surface area contributed by atoms with E-state index in [0.29, 0.717) is 5.69 Å². The zero-order valence-electron chi connectivity index (χ0n) is 11.1. The third kappa shape index (κ3) is 3.39. The normalized spacial score (nSPS) is 13.4. The highest BCUT2D eigenvalue weighted by molar-refractivity contribution is 5.35. The molecule has 1 aromatic heterocycles. The molecule has 0 radical (unpaired) electrons. The Morgan fingerprint density at radius 3 is 2.40 bits per heavy atom. The van der Waals surface area contributed by atoms with E-state index < -0.39 is 11.7 Å². The van der Waals surface area contributed by atoms with E-state index >= 15 is 0 Å². The molecule has 0 aliphatic rings. The van der Waals surface area contributed by atoms with Crippen LogP contribution in [0.5, 0.6) is 0 Å². The summed E-state index contributed by atoms with van der Waals surface area (Å²) < 4.78 is 38.7. The van der Waals surface area contributed by atoms with Crippen LogP contribution in [0.15, 0.2) is 36.7 Å². The summed E-state index contributed by atoms with van der Waals surface area (Å²) in [5.74, 6) is 0. The molecule has 1 atom stereocenters. The summed E-state index contributed by atoms with van der Waals surface area (Å²) in [6.07, 6.45) is -0.931. The van der Waals surface area contributed by atoms with Gasteiger partial charge in [0.05, 0.1) is 17.4 Å². The molecule has 0 aliphatic carbocycles. The molecule has 6 heteroatoms. The van der Waals surface area contributed by atoms with Crippen LogP contribution in [0, 0.1) is 0 Å². The van der Waals surface area contributed by atoms with Gasteiger partial charge in [-0.05, 0) is 30.5 Å². The molecular formula is C14H16F3N3. The van der Waals surface area contributed by atoms with Gasteiger partial charge in [-0.1, -0.05) is 19.1 Å². The standard InChI is InChI=1S/C14H16F3N3/c1-2-12(18)7-10-3-5-13(6-4-10)20-9-11(8-19-20)14(15,16)17/h3-6,8-9,12H,2,7,18H2,1H3. The van der Waals surface area contributed by atoms with Crippen molar-refractivity contribution in [2.45, 2.75) is 32.0 Å². The molecule has 1 heterocycles. The number of alkyl halides is 3. The molecule has 3 nitrogen and oxygen atoms in total. The average Bonchev–Trinajstić information content (AvgIpc) is 2.89. The molecular weight excluding hydrogens is 267 g/mol. The number of aromatic nitrogens is 2. The molecule has 0 aliphatic heterocycles. The van der Waals surface area contributed by atoms with Crippen molar-refractivity contribution in [2.24, 2.45) is 5.73 Å². The molecule has 0 bridgehead atoms. The van der Waals surface area contributed by atoms with Crippen LogP contribution in [-0.2, 0) is 12.6 Å². The van der Waals surface area contributed by atoms with Crippen molar-refractivity contribution in [3.8, 4) is 5.69 Å². The van der Waals surface area contributed by atoms with Crippen molar-refractivity contribution in [3.05, 3.63) is 47.8 Å². The third-order valence-electron chi connectivity index (χ3n) is 3.13. The molecule has 20 heavy (non-hydrogen) atoms. The minimum atomic E-state index is -4.37. The highest BCUT2D eigenvalue weighted by Gasteiger charge is 2.32. The van der Waals surface area contributed by atoms with Crippen LogP contribution in [0.25, 0.3) is 5.69 Å². The van der Waals surface area contributed by atoms with Crippen LogP contribution < -0.4 is 5.73 Å². The van der Waals surface area contributed by atoms with Gasteiger partial charge in [0.15, 0.2) is 0 Å². The highest BCUT2D eigenvalue weighted by atomic mass is 19.4. The summed E-state index contributed by atoms with van der Waals surface area (Å²) in [5, 5.41) is 3.73. The van der Waals surface area contributed by atoms with Crippen molar-refractivity contribution in [1.29, 1.82) is 0 Å². The van der Waals surface area contributed by atoms with Crippen LogP contribution in [-0.4, -0.2) is 15.8 Å². The zero-order valence-corrected chi connectivity index (χ0v) is 11.1. The van der Waals surface area contributed by atoms with E-state index in [-0.39, 0.29) is 6.04 Å². The Morgan fingerprint density at radius 1 is 1.25 bits per heavy atom. The molecule has 1 unspecified atom stereocenters. The molecule has 0 fully saturated rings. The Balaban J connectivity index is 2.16. The maximum atomic E-state index is 12.5. The Labute approximate surface area is 115 Å². The van der Waals surface area contributed by atoms with Crippen LogP contribution in [0.2, 0.25) is 0 Å². The average molecular weight is 283 g/mol. The molecule has 0 saturated heterocycles. The molecule has 1 aromatic carbocycles. The first-order chi connectivity index (χ1) is 9.40. The van der Waals surface area contributed by atoms with Crippen LogP contribution in [0.4, 0.5) is 13.2 Å². The highest BCUT2D eigenvalue weighted by Crippen LogP contribution is 2.29. The van der Waals surface area contributed by atoms with Crippen LogP contribution >= 0.6 is 0 Å². The second-order valence-electron chi connectivity index (χ2n) is 4.71. The summed E-state index contributed by atoms with van der Waals surface area (Å²) in [6.45, 7) is 2.02. The number of nitrogens with two attached hydrogens (primary N) is 1. The minimum Gasteiger partial charge on any atom is -0.327 e. The summed E-state index contributed by atoms with van der Waals surface area (Å²) in [7, 11) is 0. The first-order valence-electron chi connectivity index (χ1n) is 6.37. The summed E-state index contributed by atoms with van der Waals surface area (Å²) in [4.78, 5) is 0. The second kappa shape index (κ2) is 5.66. The van der Waals surface area contributed by atoms with E-state index in [2.05, 4.69) is 5.10 Å². The number of hydrogen-bond acceptors (Lipinski definition) is 2. The number of benzene rings is 1. The van der Waals surface area contributed by atoms with Gasteiger partial charge in [0, 0.05) is 12.2 Å². The van der Waals surface area contributed by atoms with Gasteiger partial charge in [-0.2, -0.15) is 18.3 Å². The molecule has 108 valence electrons. The fourth-order valence-corrected chi connectivity index (χ4v) is 1.84. The lowest BCUT2D eigenvalue weighted by atomic mass is 10.0. The van der Waals surface area contributed by atoms with E-state index in [1.165, 1.54) is 4.68 Å². The predicted molar refractivity (Wildman–Crippen MR) is 70.5 cm³/mol. The van der Waals surface area contributed by atoms with Crippen molar-refractivity contribution in [2.75, 3.05) is 0 Å². The van der Waals surface area contributed by atoms with Gasteiger partial charge < -0.3 is 5.73 Å². The predicted octanol–water partition coefficient (Wildman–Crippen LogP) is 3.17. The third-order valence-corrected chi connectivity index (χ3v) is 3.13. The fraction of sp³-hybridized carbons (Fsp3) is 0.357. The lowest BCUT2D eigenvalue weighted by Crippen LogP contribution is -2.21. The van der Waals surface area contributed by atoms with Crippen molar-refractivity contribution < 1.29 is 13.2 Å². The first kappa shape index (κ1) is 14.6. The smallest absolute Gasteiger partial charge is 0.327 e. The van der Waals surface area contributed by atoms with E-state index in [0.717, 1.165) is 30.8 Å². The van der Waals surface area contributed by atoms with Gasteiger partial charge in [0.1, 0.15) is 0 Å². The summed E-state index contributed by atoms with van der Waals surface area (Å²) in [6, 6.07) is 7.30. The van der Waals surface area contributed by atoms with Gasteiger partial charge in [-0.3, -0.25) is 0 Å². The number of nitrogens with zero attached hydrogens (tertiary/aromatic N) is 2. The largest absolute Gasteiger partial charge is 0.419 e. The van der Waals surface area contributed by atoms with Crippen LogP contribution in [0.3, 0.4) is 0 Å². The molecule has 2 N–H and O–H groups in total. The van der Waals surface area contributed by atoms with E-state index in [9.17, 15) is 13.2 Å². The molecule has 0 amide bonds. The van der Waals surface area contributed by atoms with Gasteiger partial charge in [-0.25, -0.2) is 4.68 Å². The Hall–Kier alpha value is -1.82. The van der Waals surface area contributed by atoms with Gasteiger partial charge in [-0.15, -0.1) is 0 Å². The van der Waals surface area contributed by atoms with Gasteiger partial charge >= 0.3 is 6.18 Å². The number of halogens is 3. The Bertz CT molecular complexity index is 558. The van der Waals surface area contributed by atoms with Crippen molar-refractivity contribution in [3.63, 3.8) is 0 Å². The Kier molecular flexibility index (Phi) is 4.13. The molecule has 0 saturated carbocycles. The van der Waals surface area contributed by atoms with E-state index in [1.54, 1.807) is 12.1 Å². The lowest BCUT2D eigenvalue weighted by Gasteiger charge is -2.09. The first-order valence-corrected chi connectivity index (χ1v) is 6.37. The second-order valence-corrected chi connectivity index (χ2v) is 4.71. The Morgan fingerprint density at radius 2 is 1.90 bits per heavy atom. The molecule has 0 spiro atoms. The van der Waals surface area contributed by atoms with Crippen molar-refractivity contribution >= 4 is 0 Å². The van der Waals surface area contributed by atoms with E-state index in [1.807, 2.05) is 19.1 Å². The fourth-order valence-electron chi connectivity index (χ4n) is 1.84. The number of hydrogen-bond donors (Lipinski definition) is 1. The lowest BCUT2D eigenvalue weighted by molar-refractivity contribution is -0.137. The summed E-state index contributed by atoms with van der Waals surface area (Å²) >= 11 is 0. The summed E-state index contributed by atoms with van der Waals surface area (Å²) in [5.41, 5.74) is 6.76. The zero-order chi connectivity index (χ0) is 14.8. The molecule has 2 rings (SSSR count).